The van der Waals surface area contributed by atoms with E-state index in [1.165, 1.54) is 19.2 Å². The van der Waals surface area contributed by atoms with Crippen LogP contribution >= 0.6 is 0 Å². The zero-order chi connectivity index (χ0) is 27.3. The number of likely N-dealkylation sites (tertiary alicyclic amines) is 1. The van der Waals surface area contributed by atoms with E-state index in [-0.39, 0.29) is 48.6 Å². The van der Waals surface area contributed by atoms with E-state index >= 15 is 0 Å². The lowest BCUT2D eigenvalue weighted by Crippen LogP contribution is -2.99. The third-order valence-corrected chi connectivity index (χ3v) is 6.15. The number of amides is 2. The van der Waals surface area contributed by atoms with Crippen LogP contribution in [0.1, 0.15) is 27.9 Å². The molecule has 0 spiro atoms. The number of benzene rings is 2. The molecule has 12 heteroatoms. The molecule has 1 aliphatic heterocycles. The normalized spacial score (nSPS) is 18.0. The van der Waals surface area contributed by atoms with Crippen LogP contribution < -0.4 is 26.8 Å². The largest absolute Gasteiger partial charge is 0.496 e. The van der Waals surface area contributed by atoms with Crippen molar-refractivity contribution in [3.8, 4) is 5.75 Å². The number of carbonyl (C=O) groups is 2. The van der Waals surface area contributed by atoms with Crippen molar-refractivity contribution in [1.29, 1.82) is 5.41 Å². The van der Waals surface area contributed by atoms with Gasteiger partial charge in [-0.1, -0.05) is 24.3 Å². The van der Waals surface area contributed by atoms with Gasteiger partial charge >= 0.3 is 5.92 Å². The summed E-state index contributed by atoms with van der Waals surface area (Å²) in [5, 5.41) is 12.0. The quantitative estimate of drug-likeness (QED) is 0.199. The Morgan fingerprint density at radius 3 is 2.51 bits per heavy atom. The first-order chi connectivity index (χ1) is 17.4. The van der Waals surface area contributed by atoms with Crippen LogP contribution in [0.4, 0.5) is 13.2 Å². The molecule has 1 atom stereocenters. The second-order valence-corrected chi connectivity index (χ2v) is 8.84. The van der Waals surface area contributed by atoms with E-state index in [4.69, 9.17) is 21.6 Å². The van der Waals surface area contributed by atoms with Crippen molar-refractivity contribution < 1.29 is 32.8 Å². The van der Waals surface area contributed by atoms with Crippen LogP contribution in [0.15, 0.2) is 48.0 Å². The SMILES string of the molecule is COc1ccc(F)cc1C(=O)NCc1ccc(C(N)=C(C(=N)[NH2+]C2CN(C)CCC2(F)F)C(N)=O)cc1. The lowest BCUT2D eigenvalue weighted by Gasteiger charge is -2.34. The molecule has 1 aliphatic rings. The van der Waals surface area contributed by atoms with Crippen LogP contribution in [0.3, 0.4) is 0 Å². The highest BCUT2D eigenvalue weighted by Gasteiger charge is 2.47. The molecule has 0 bridgehead atoms. The van der Waals surface area contributed by atoms with E-state index < -0.39 is 35.4 Å². The molecule has 1 fully saturated rings. The Kier molecular flexibility index (Phi) is 8.56. The molecular formula is C25H30F3N6O3+. The molecule has 0 radical (unpaired) electrons. The second-order valence-electron chi connectivity index (χ2n) is 8.84. The number of primary amides is 1. The molecular weight excluding hydrogens is 489 g/mol. The number of ether oxygens (including phenoxy) is 1. The van der Waals surface area contributed by atoms with E-state index in [0.29, 0.717) is 11.1 Å². The first kappa shape index (κ1) is 27.7. The van der Waals surface area contributed by atoms with Gasteiger partial charge in [0.15, 0.2) is 6.04 Å². The molecule has 0 aromatic heterocycles. The fraction of sp³-hybridized carbons (Fsp3) is 0.320. The number of halogens is 3. The smallest absolute Gasteiger partial charge is 0.301 e. The number of nitrogens with one attached hydrogen (secondary N) is 2. The van der Waals surface area contributed by atoms with Gasteiger partial charge in [-0.2, -0.15) is 8.78 Å². The number of likely N-dealkylation sites (N-methyl/N-ethyl adjacent to an activating group) is 1. The number of quaternary nitrogens is 1. The first-order valence-corrected chi connectivity index (χ1v) is 11.4. The fourth-order valence-corrected chi connectivity index (χ4v) is 4.04. The minimum atomic E-state index is -3.02. The maximum atomic E-state index is 14.4. The predicted molar refractivity (Wildman–Crippen MR) is 131 cm³/mol. The number of amidine groups is 1. The first-order valence-electron chi connectivity index (χ1n) is 11.4. The summed E-state index contributed by atoms with van der Waals surface area (Å²) in [5.74, 6) is -5.38. The van der Waals surface area contributed by atoms with Gasteiger partial charge in [0.2, 0.25) is 5.84 Å². The number of hydrogen-bond donors (Lipinski definition) is 5. The summed E-state index contributed by atoms with van der Waals surface area (Å²) in [6.07, 6.45) is -0.354. The second kappa shape index (κ2) is 11.4. The summed E-state index contributed by atoms with van der Waals surface area (Å²) in [6, 6.07) is 8.71. The van der Waals surface area contributed by atoms with E-state index in [2.05, 4.69) is 5.32 Å². The summed E-state index contributed by atoms with van der Waals surface area (Å²) in [5.41, 5.74) is 12.2. The minimum Gasteiger partial charge on any atom is -0.496 e. The molecule has 1 unspecified atom stereocenters. The highest BCUT2D eigenvalue weighted by atomic mass is 19.3. The number of piperidine rings is 1. The fourth-order valence-electron chi connectivity index (χ4n) is 4.04. The summed E-state index contributed by atoms with van der Waals surface area (Å²) in [4.78, 5) is 26.3. The van der Waals surface area contributed by atoms with E-state index in [1.807, 2.05) is 0 Å². The molecule has 8 N–H and O–H groups in total. The molecule has 9 nitrogen and oxygen atoms in total. The number of nitrogens with zero attached hydrogens (tertiary/aromatic N) is 1. The highest BCUT2D eigenvalue weighted by Crippen LogP contribution is 2.26. The van der Waals surface area contributed by atoms with Crippen molar-refractivity contribution in [2.45, 2.75) is 24.9 Å². The van der Waals surface area contributed by atoms with Gasteiger partial charge < -0.3 is 26.4 Å². The number of rotatable bonds is 8. The van der Waals surface area contributed by atoms with Crippen molar-refractivity contribution in [3.05, 3.63) is 70.5 Å². The maximum Gasteiger partial charge on any atom is 0.301 e. The predicted octanol–water partition coefficient (Wildman–Crippen LogP) is 0.799. The van der Waals surface area contributed by atoms with E-state index in [9.17, 15) is 22.8 Å². The Labute approximate surface area is 212 Å². The Balaban J connectivity index is 1.73. The van der Waals surface area contributed by atoms with E-state index in [1.54, 1.807) is 36.2 Å². The van der Waals surface area contributed by atoms with Crippen molar-refractivity contribution in [3.63, 3.8) is 0 Å². The monoisotopic (exact) mass is 519 g/mol. The van der Waals surface area contributed by atoms with Gasteiger partial charge in [-0.3, -0.25) is 14.9 Å². The Hall–Kier alpha value is -3.90. The molecule has 0 saturated carbocycles. The van der Waals surface area contributed by atoms with Crippen LogP contribution in [-0.4, -0.2) is 61.8 Å². The Morgan fingerprint density at radius 2 is 1.89 bits per heavy atom. The topological polar surface area (TPSA) is 151 Å². The van der Waals surface area contributed by atoms with Gasteiger partial charge in [0.05, 0.1) is 24.9 Å². The number of alkyl halides is 2. The average molecular weight is 520 g/mol. The molecule has 37 heavy (non-hydrogen) atoms. The van der Waals surface area contributed by atoms with Crippen LogP contribution in [0.25, 0.3) is 5.70 Å². The van der Waals surface area contributed by atoms with Crippen LogP contribution in [-0.2, 0) is 11.3 Å². The summed E-state index contributed by atoms with van der Waals surface area (Å²) in [7, 11) is 3.08. The van der Waals surface area contributed by atoms with Crippen molar-refractivity contribution >= 4 is 23.3 Å². The molecule has 1 saturated heterocycles. The molecule has 2 aromatic rings. The Bertz CT molecular complexity index is 1220. The number of hydrogen-bond acceptors (Lipinski definition) is 6. The number of carbonyl (C=O) groups excluding carboxylic acids is 2. The van der Waals surface area contributed by atoms with Gasteiger partial charge in [0, 0.05) is 19.5 Å². The summed E-state index contributed by atoms with van der Waals surface area (Å²) >= 11 is 0. The van der Waals surface area contributed by atoms with E-state index in [0.717, 1.165) is 11.4 Å². The molecule has 3 rings (SSSR count). The van der Waals surface area contributed by atoms with Crippen molar-refractivity contribution in [1.82, 2.24) is 10.2 Å². The zero-order valence-corrected chi connectivity index (χ0v) is 20.5. The van der Waals surface area contributed by atoms with Gasteiger partial charge in [0.25, 0.3) is 11.8 Å². The van der Waals surface area contributed by atoms with Gasteiger partial charge in [-0.05, 0) is 36.4 Å². The molecule has 1 heterocycles. The number of methoxy groups -OCH3 is 1. The van der Waals surface area contributed by atoms with Crippen molar-refractivity contribution in [2.75, 3.05) is 27.2 Å². The third-order valence-electron chi connectivity index (χ3n) is 6.15. The van der Waals surface area contributed by atoms with Gasteiger partial charge in [-0.15, -0.1) is 0 Å². The number of nitrogens with two attached hydrogens (primary N) is 3. The lowest BCUT2D eigenvalue weighted by molar-refractivity contribution is -0.609. The van der Waals surface area contributed by atoms with Crippen LogP contribution in [0.5, 0.6) is 5.75 Å². The molecule has 2 aromatic carbocycles. The van der Waals surface area contributed by atoms with Crippen LogP contribution in [0, 0.1) is 11.2 Å². The molecule has 0 aliphatic carbocycles. The molecule has 198 valence electrons. The zero-order valence-electron chi connectivity index (χ0n) is 20.5. The van der Waals surface area contributed by atoms with Gasteiger partial charge in [0.1, 0.15) is 17.1 Å². The summed E-state index contributed by atoms with van der Waals surface area (Å²) in [6.45, 7) is 0.357. The van der Waals surface area contributed by atoms with Gasteiger partial charge in [-0.25, -0.2) is 9.80 Å². The Morgan fingerprint density at radius 1 is 1.22 bits per heavy atom. The average Bonchev–Trinajstić information content (AvgIpc) is 2.85. The molecule has 2 amide bonds. The lowest BCUT2D eigenvalue weighted by atomic mass is 9.99. The maximum absolute atomic E-state index is 14.4. The third kappa shape index (κ3) is 6.66. The minimum absolute atomic E-state index is 0.0310. The summed E-state index contributed by atoms with van der Waals surface area (Å²) < 4.78 is 47.4. The highest BCUT2D eigenvalue weighted by molar-refractivity contribution is 6.20. The standard InChI is InChI=1S/C25H29F3N6O3/c1-34-10-9-25(27,28)19(13-34)33-22(30)20(23(31)35)21(29)15-5-3-14(4-6-15)12-32-24(36)17-11-16(26)7-8-18(17)37-2/h3-8,11,19H,9-10,12-13,29H2,1-2H3,(H2,30,33)(H2,31,35)(H,32,36)/p+1. The van der Waals surface area contributed by atoms with Crippen LogP contribution in [0.2, 0.25) is 0 Å². The van der Waals surface area contributed by atoms with Crippen molar-refractivity contribution in [2.24, 2.45) is 11.5 Å².